The molecule has 0 atom stereocenters. The van der Waals surface area contributed by atoms with E-state index in [4.69, 9.17) is 27.9 Å². The lowest BCUT2D eigenvalue weighted by atomic mass is 9.64. The number of Topliss-reactive ketones (excluding diaryl/α,β-unsaturated/α-hetero) is 2. The van der Waals surface area contributed by atoms with Gasteiger partial charge in [0.05, 0.1) is 10.0 Å². The van der Waals surface area contributed by atoms with Crippen molar-refractivity contribution in [2.24, 2.45) is 10.8 Å². The Morgan fingerprint density at radius 2 is 1.44 bits per heavy atom. The van der Waals surface area contributed by atoms with Crippen LogP contribution in [0, 0.1) is 17.8 Å². The minimum Gasteiger partial charge on any atom is -0.481 e. The third-order valence-corrected chi connectivity index (χ3v) is 8.86. The molecule has 1 amide bonds. The van der Waals surface area contributed by atoms with Gasteiger partial charge in [-0.3, -0.25) is 14.4 Å². The number of amides is 1. The molecule has 1 N–H and O–H groups in total. The Hall–Kier alpha value is -3.09. The number of nitrogens with one attached hydrogen (secondary N) is 1. The summed E-state index contributed by atoms with van der Waals surface area (Å²) in [5.41, 5.74) is 5.15. The van der Waals surface area contributed by atoms with Gasteiger partial charge in [-0.2, -0.15) is 0 Å². The summed E-state index contributed by atoms with van der Waals surface area (Å²) in [7, 11) is 1.98. The maximum absolute atomic E-state index is 13.7. The number of aryl methyl sites for hydroxylation is 1. The van der Waals surface area contributed by atoms with Crippen LogP contribution in [0.25, 0.3) is 0 Å². The summed E-state index contributed by atoms with van der Waals surface area (Å²) < 4.78 is 5.77. The van der Waals surface area contributed by atoms with Crippen LogP contribution >= 0.6 is 23.2 Å². The zero-order chi connectivity index (χ0) is 29.9. The van der Waals surface area contributed by atoms with Crippen molar-refractivity contribution >= 4 is 46.4 Å². The fourth-order valence-electron chi connectivity index (χ4n) is 6.42. The van der Waals surface area contributed by atoms with Crippen LogP contribution in [0.15, 0.2) is 58.9 Å². The number of ketones is 2. The number of carbonyl (C=O) groups excluding carboxylic acids is 3. The lowest BCUT2D eigenvalue weighted by Gasteiger charge is -2.48. The fourth-order valence-corrected chi connectivity index (χ4v) is 7.03. The maximum Gasteiger partial charge on any atom is 0.262 e. The number of nitrogens with zero attached hydrogens (tertiary/aromatic N) is 1. The first kappa shape index (κ1) is 29.4. The van der Waals surface area contributed by atoms with E-state index in [2.05, 4.69) is 37.9 Å². The zero-order valence-electron chi connectivity index (χ0n) is 24.4. The Kier molecular flexibility index (Phi) is 7.62. The van der Waals surface area contributed by atoms with E-state index in [0.717, 1.165) is 29.8 Å². The molecule has 0 spiro atoms. The average molecular weight is 596 g/mol. The van der Waals surface area contributed by atoms with E-state index in [1.54, 1.807) is 12.1 Å². The van der Waals surface area contributed by atoms with Crippen molar-refractivity contribution in [2.75, 3.05) is 19.0 Å². The highest BCUT2D eigenvalue weighted by molar-refractivity contribution is 6.37. The number of benzene rings is 2. The average Bonchev–Trinajstić information content (AvgIpc) is 2.85. The van der Waals surface area contributed by atoms with Gasteiger partial charge in [0.1, 0.15) is 0 Å². The van der Waals surface area contributed by atoms with Crippen LogP contribution in [0.2, 0.25) is 10.0 Å². The van der Waals surface area contributed by atoms with Crippen LogP contribution in [0.3, 0.4) is 0 Å². The third kappa shape index (κ3) is 5.69. The molecule has 41 heavy (non-hydrogen) atoms. The molecule has 0 bridgehead atoms. The van der Waals surface area contributed by atoms with Gasteiger partial charge in [0.15, 0.2) is 23.9 Å². The molecule has 0 saturated carbocycles. The molecule has 8 heteroatoms. The lowest BCUT2D eigenvalue weighted by molar-refractivity contribution is -0.120. The molecule has 6 nitrogen and oxygen atoms in total. The van der Waals surface area contributed by atoms with Gasteiger partial charge in [0.2, 0.25) is 0 Å². The molecule has 5 rings (SSSR count). The molecule has 0 radical (unpaired) electrons. The van der Waals surface area contributed by atoms with E-state index < -0.39 is 5.92 Å². The summed E-state index contributed by atoms with van der Waals surface area (Å²) >= 11 is 13.4. The molecule has 0 saturated heterocycles. The molecule has 2 aromatic carbocycles. The molecular weight excluding hydrogens is 559 g/mol. The monoisotopic (exact) mass is 594 g/mol. The number of ether oxygens (including phenoxy) is 1. The molecule has 0 unspecified atom stereocenters. The van der Waals surface area contributed by atoms with Crippen LogP contribution in [-0.4, -0.2) is 36.0 Å². The predicted octanol–water partition coefficient (Wildman–Crippen LogP) is 7.63. The number of para-hydroxylation sites is 1. The molecule has 2 aromatic rings. The molecule has 0 aromatic heterocycles. The van der Waals surface area contributed by atoms with E-state index in [1.807, 2.05) is 38.2 Å². The molecule has 2 aliphatic carbocycles. The van der Waals surface area contributed by atoms with E-state index in [1.165, 1.54) is 0 Å². The standard InChI is InChI=1S/C33H36Cl2N2O4/c1-18-9-7-8-10-22(18)36-27(40)17-41-31-20(34)11-19(12-21(31)35)28-29-23(13-32(2,3)15-25(29)38)37(6)24-14-33(4,5)16-26(39)30(24)28/h7-12,28H,13-17H2,1-6H3,(H,36,40). The van der Waals surface area contributed by atoms with Crippen molar-refractivity contribution < 1.29 is 19.1 Å². The number of carbonyl (C=O) groups is 3. The van der Waals surface area contributed by atoms with Crippen molar-refractivity contribution in [3.63, 3.8) is 0 Å². The van der Waals surface area contributed by atoms with E-state index in [0.29, 0.717) is 35.2 Å². The summed E-state index contributed by atoms with van der Waals surface area (Å²) in [6.07, 6.45) is 2.25. The Morgan fingerprint density at radius 3 is 1.95 bits per heavy atom. The second-order valence-corrected chi connectivity index (χ2v) is 13.9. The molecule has 3 aliphatic rings. The number of rotatable bonds is 5. The number of anilines is 1. The van der Waals surface area contributed by atoms with Gasteiger partial charge in [-0.25, -0.2) is 0 Å². The van der Waals surface area contributed by atoms with Crippen molar-refractivity contribution in [1.82, 2.24) is 4.90 Å². The van der Waals surface area contributed by atoms with Crippen molar-refractivity contribution in [3.05, 3.63) is 80.1 Å². The Balaban J connectivity index is 1.51. The highest BCUT2D eigenvalue weighted by Gasteiger charge is 2.48. The summed E-state index contributed by atoms with van der Waals surface area (Å²) in [6, 6.07) is 10.9. The van der Waals surface area contributed by atoms with Crippen molar-refractivity contribution in [3.8, 4) is 5.75 Å². The molecule has 0 fully saturated rings. The van der Waals surface area contributed by atoms with Gasteiger partial charge in [-0.05, 0) is 59.9 Å². The van der Waals surface area contributed by atoms with Crippen LogP contribution in [0.5, 0.6) is 5.75 Å². The highest BCUT2D eigenvalue weighted by atomic mass is 35.5. The predicted molar refractivity (Wildman–Crippen MR) is 162 cm³/mol. The zero-order valence-corrected chi connectivity index (χ0v) is 25.9. The van der Waals surface area contributed by atoms with E-state index >= 15 is 0 Å². The number of hydrogen-bond donors (Lipinski definition) is 1. The van der Waals surface area contributed by atoms with Crippen LogP contribution in [0.4, 0.5) is 5.69 Å². The molecule has 216 valence electrons. The fraction of sp³-hybridized carbons (Fsp3) is 0.424. The van der Waals surface area contributed by atoms with Gasteiger partial charge in [0, 0.05) is 54.0 Å². The Morgan fingerprint density at radius 1 is 0.927 bits per heavy atom. The van der Waals surface area contributed by atoms with Crippen LogP contribution in [0.1, 0.15) is 70.4 Å². The summed E-state index contributed by atoms with van der Waals surface area (Å²) in [4.78, 5) is 42.1. The maximum atomic E-state index is 13.7. The van der Waals surface area contributed by atoms with Gasteiger partial charge < -0.3 is 15.0 Å². The summed E-state index contributed by atoms with van der Waals surface area (Å²) in [5.74, 6) is -0.644. The normalized spacial score (nSPS) is 20.1. The van der Waals surface area contributed by atoms with Crippen molar-refractivity contribution in [1.29, 1.82) is 0 Å². The first-order valence-electron chi connectivity index (χ1n) is 13.9. The largest absolute Gasteiger partial charge is 0.481 e. The highest BCUT2D eigenvalue weighted by Crippen LogP contribution is 2.54. The van der Waals surface area contributed by atoms with Gasteiger partial charge in [-0.1, -0.05) is 69.1 Å². The lowest BCUT2D eigenvalue weighted by Crippen LogP contribution is -2.43. The van der Waals surface area contributed by atoms with E-state index in [-0.39, 0.29) is 50.7 Å². The van der Waals surface area contributed by atoms with E-state index in [9.17, 15) is 14.4 Å². The second kappa shape index (κ2) is 10.6. The molecule has 1 aliphatic heterocycles. The minimum absolute atomic E-state index is 0.0396. The van der Waals surface area contributed by atoms with Gasteiger partial charge >= 0.3 is 0 Å². The van der Waals surface area contributed by atoms with Crippen LogP contribution in [-0.2, 0) is 14.4 Å². The van der Waals surface area contributed by atoms with Crippen molar-refractivity contribution in [2.45, 2.75) is 66.2 Å². The summed E-state index contributed by atoms with van der Waals surface area (Å²) in [6.45, 7) is 10.0. The van der Waals surface area contributed by atoms with Gasteiger partial charge in [0.25, 0.3) is 5.91 Å². The molecular formula is C33H36Cl2N2O4. The second-order valence-electron chi connectivity index (χ2n) is 13.1. The first-order valence-corrected chi connectivity index (χ1v) is 14.7. The van der Waals surface area contributed by atoms with Gasteiger partial charge in [-0.15, -0.1) is 0 Å². The quantitative estimate of drug-likeness (QED) is 0.385. The summed E-state index contributed by atoms with van der Waals surface area (Å²) in [5, 5.41) is 3.26. The smallest absolute Gasteiger partial charge is 0.262 e. The topological polar surface area (TPSA) is 75.7 Å². The number of hydrogen-bond acceptors (Lipinski definition) is 5. The SMILES string of the molecule is Cc1ccccc1NC(=O)COc1c(Cl)cc(C2C3=C(CC(C)(C)CC3=O)N(C)C3=C2C(=O)CC(C)(C)C3)cc1Cl. The number of allylic oxidation sites excluding steroid dienone is 4. The Bertz CT molecular complexity index is 1460. The third-order valence-electron chi connectivity index (χ3n) is 8.30. The first-order chi connectivity index (χ1) is 19.2. The number of halogens is 2. The Labute approximate surface area is 251 Å². The minimum atomic E-state index is -0.559. The van der Waals surface area contributed by atoms with Crippen LogP contribution < -0.4 is 10.1 Å². The molecule has 1 heterocycles.